The van der Waals surface area contributed by atoms with Crippen LogP contribution in [0.15, 0.2) is 30.7 Å². The molecule has 0 bridgehead atoms. The van der Waals surface area contributed by atoms with E-state index in [1.54, 1.807) is 17.4 Å². The van der Waals surface area contributed by atoms with Gasteiger partial charge in [0.25, 0.3) is 0 Å². The van der Waals surface area contributed by atoms with Crippen LogP contribution >= 0.6 is 23.1 Å². The Hall–Kier alpha value is -1.26. The number of nitrogens with zero attached hydrogens (tertiary/aromatic N) is 2. The molecule has 0 saturated carbocycles. The zero-order valence-electron chi connectivity index (χ0n) is 7.43. The minimum Gasteiger partial charge on any atom is -0.173 e. The van der Waals surface area contributed by atoms with Crippen molar-refractivity contribution in [2.75, 3.05) is 0 Å². The molecular weight excluding hydrogens is 212 g/mol. The maximum atomic E-state index is 4.21. The van der Waals surface area contributed by atoms with E-state index in [9.17, 15) is 0 Å². The zero-order chi connectivity index (χ0) is 9.97. The minimum atomic E-state index is 0.813. The molecule has 0 unspecified atom stereocenters. The molecule has 2 aromatic heterocycles. The van der Waals surface area contributed by atoms with Gasteiger partial charge in [-0.2, -0.15) is 8.75 Å². The van der Waals surface area contributed by atoms with Gasteiger partial charge in [0.05, 0.1) is 11.7 Å². The second-order valence-electron chi connectivity index (χ2n) is 2.66. The number of hydrogen-bond acceptors (Lipinski definition) is 4. The predicted octanol–water partition coefficient (Wildman–Crippen LogP) is 3.30. The Labute approximate surface area is 90.6 Å². The first-order valence-corrected chi connectivity index (χ1v) is 5.62. The van der Waals surface area contributed by atoms with Gasteiger partial charge in [-0.05, 0) is 17.5 Å². The molecule has 70 valence electrons. The topological polar surface area (TPSA) is 25.8 Å². The molecule has 0 aliphatic heterocycles. The molecule has 14 heavy (non-hydrogen) atoms. The molecule has 0 fully saturated rings. The average Bonchev–Trinajstić information content (AvgIpc) is 2.87. The van der Waals surface area contributed by atoms with Crippen LogP contribution in [-0.4, -0.2) is 8.75 Å². The summed E-state index contributed by atoms with van der Waals surface area (Å²) in [6.07, 6.45) is 1.71. The maximum Gasteiger partial charge on any atom is 0.112 e. The molecule has 0 radical (unpaired) electrons. The average molecular weight is 220 g/mol. The molecule has 0 atom stereocenters. The van der Waals surface area contributed by atoms with E-state index in [0.29, 0.717) is 0 Å². The smallest absolute Gasteiger partial charge is 0.112 e. The van der Waals surface area contributed by atoms with Gasteiger partial charge < -0.3 is 0 Å². The zero-order valence-corrected chi connectivity index (χ0v) is 9.07. The van der Waals surface area contributed by atoms with Crippen LogP contribution in [-0.2, 0) is 0 Å². The summed E-state index contributed by atoms with van der Waals surface area (Å²) in [5.74, 6) is 0. The van der Waals surface area contributed by atoms with Gasteiger partial charge in [0.1, 0.15) is 11.4 Å². The van der Waals surface area contributed by atoms with Crippen LogP contribution in [0.1, 0.15) is 16.3 Å². The van der Waals surface area contributed by atoms with Crippen molar-refractivity contribution in [1.29, 1.82) is 0 Å². The summed E-state index contributed by atoms with van der Waals surface area (Å²) >= 11 is 2.84. The van der Waals surface area contributed by atoms with Gasteiger partial charge in [-0.1, -0.05) is 19.2 Å². The summed E-state index contributed by atoms with van der Waals surface area (Å²) < 4.78 is 8.33. The number of thiophene rings is 1. The first-order chi connectivity index (χ1) is 6.83. The Morgan fingerprint density at radius 1 is 1.43 bits per heavy atom. The third-order valence-electron chi connectivity index (χ3n) is 1.81. The van der Waals surface area contributed by atoms with Crippen molar-refractivity contribution in [2.45, 2.75) is 0 Å². The first kappa shape index (κ1) is 9.30. The van der Waals surface area contributed by atoms with Crippen molar-refractivity contribution < 1.29 is 0 Å². The normalized spacial score (nSPS) is 10.0. The lowest BCUT2D eigenvalue weighted by molar-refractivity contribution is 1.41. The van der Waals surface area contributed by atoms with E-state index in [0.717, 1.165) is 21.8 Å². The van der Waals surface area contributed by atoms with Crippen LogP contribution in [0.5, 0.6) is 0 Å². The molecule has 0 amide bonds. The van der Waals surface area contributed by atoms with Crippen molar-refractivity contribution in [2.24, 2.45) is 0 Å². The lowest BCUT2D eigenvalue weighted by Crippen LogP contribution is -1.85. The Bertz CT molecular complexity index is 454. The van der Waals surface area contributed by atoms with Gasteiger partial charge in [0.2, 0.25) is 0 Å². The van der Waals surface area contributed by atoms with Crippen molar-refractivity contribution in [1.82, 2.24) is 8.75 Å². The third-order valence-corrected chi connectivity index (χ3v) is 3.28. The van der Waals surface area contributed by atoms with Crippen molar-refractivity contribution in [3.05, 3.63) is 46.9 Å². The second kappa shape index (κ2) is 3.86. The van der Waals surface area contributed by atoms with E-state index < -0.39 is 0 Å². The molecule has 2 nitrogen and oxygen atoms in total. The second-order valence-corrected chi connectivity index (χ2v) is 4.13. The van der Waals surface area contributed by atoms with Gasteiger partial charge in [-0.3, -0.25) is 0 Å². The van der Waals surface area contributed by atoms with E-state index >= 15 is 0 Å². The summed E-state index contributed by atoms with van der Waals surface area (Å²) in [7, 11) is 0. The summed E-state index contributed by atoms with van der Waals surface area (Å²) in [6.45, 7) is 7.71. The summed E-state index contributed by atoms with van der Waals surface area (Å²) in [6, 6.07) is 4.03. The minimum absolute atomic E-state index is 0.813. The number of hydrogen-bond donors (Lipinski definition) is 0. The van der Waals surface area contributed by atoms with E-state index in [1.807, 2.05) is 17.5 Å². The molecule has 2 aromatic rings. The predicted molar refractivity (Wildman–Crippen MR) is 62.5 cm³/mol. The van der Waals surface area contributed by atoms with Gasteiger partial charge >= 0.3 is 0 Å². The van der Waals surface area contributed by atoms with Crippen LogP contribution in [0.3, 0.4) is 0 Å². The lowest BCUT2D eigenvalue weighted by Gasteiger charge is -1.98. The van der Waals surface area contributed by atoms with Crippen molar-refractivity contribution in [3.8, 4) is 0 Å². The van der Waals surface area contributed by atoms with Crippen molar-refractivity contribution >= 4 is 34.7 Å². The van der Waals surface area contributed by atoms with Gasteiger partial charge in [0.15, 0.2) is 0 Å². The molecule has 2 heterocycles. The van der Waals surface area contributed by atoms with Gasteiger partial charge in [-0.15, -0.1) is 11.3 Å². The Morgan fingerprint density at radius 3 is 2.93 bits per heavy atom. The molecule has 0 aromatic carbocycles. The monoisotopic (exact) mass is 220 g/mol. The molecule has 0 saturated heterocycles. The van der Waals surface area contributed by atoms with Gasteiger partial charge in [0, 0.05) is 10.5 Å². The quantitative estimate of drug-likeness (QED) is 0.793. The molecule has 2 rings (SSSR count). The fraction of sp³-hybridized carbons (Fsp3) is 0. The molecular formula is C10H8N2S2. The van der Waals surface area contributed by atoms with Crippen molar-refractivity contribution in [3.63, 3.8) is 0 Å². The molecule has 0 aliphatic carbocycles. The first-order valence-electron chi connectivity index (χ1n) is 4.01. The highest BCUT2D eigenvalue weighted by atomic mass is 32.1. The highest BCUT2D eigenvalue weighted by Crippen LogP contribution is 2.26. The maximum absolute atomic E-state index is 4.21. The molecule has 0 spiro atoms. The Kier molecular flexibility index (Phi) is 2.56. The number of aromatic nitrogens is 2. The highest BCUT2D eigenvalue weighted by Gasteiger charge is 2.10. The SMILES string of the molecule is C=Cc1nsnc1C(=C)c1cccs1. The molecule has 0 aliphatic rings. The largest absolute Gasteiger partial charge is 0.173 e. The Balaban J connectivity index is 2.41. The van der Waals surface area contributed by atoms with E-state index in [2.05, 4.69) is 21.9 Å². The molecule has 0 N–H and O–H groups in total. The third kappa shape index (κ3) is 1.54. The fourth-order valence-corrected chi connectivity index (χ4v) is 2.38. The summed E-state index contributed by atoms with van der Waals surface area (Å²) in [4.78, 5) is 1.13. The van der Waals surface area contributed by atoms with E-state index in [-0.39, 0.29) is 0 Å². The van der Waals surface area contributed by atoms with Crippen LogP contribution in [0.25, 0.3) is 11.6 Å². The number of rotatable bonds is 3. The molecule has 4 heteroatoms. The van der Waals surface area contributed by atoms with Crippen LogP contribution < -0.4 is 0 Å². The fourth-order valence-electron chi connectivity index (χ4n) is 1.11. The highest BCUT2D eigenvalue weighted by molar-refractivity contribution is 7.11. The van der Waals surface area contributed by atoms with E-state index in [1.165, 1.54) is 11.7 Å². The summed E-state index contributed by atoms with van der Waals surface area (Å²) in [5.41, 5.74) is 2.57. The lowest BCUT2D eigenvalue weighted by atomic mass is 10.1. The standard InChI is InChI=1S/C10H8N2S2/c1-3-8-10(12-14-11-8)7(2)9-5-4-6-13-9/h3-6H,1-2H2. The van der Waals surface area contributed by atoms with Gasteiger partial charge in [-0.25, -0.2) is 0 Å². The van der Waals surface area contributed by atoms with Crippen LogP contribution in [0.2, 0.25) is 0 Å². The van der Waals surface area contributed by atoms with Crippen LogP contribution in [0.4, 0.5) is 0 Å². The summed E-state index contributed by atoms with van der Waals surface area (Å²) in [5, 5.41) is 2.02. The van der Waals surface area contributed by atoms with E-state index in [4.69, 9.17) is 0 Å². The van der Waals surface area contributed by atoms with Crippen LogP contribution in [0, 0.1) is 0 Å². The Morgan fingerprint density at radius 2 is 2.29 bits per heavy atom.